The van der Waals surface area contributed by atoms with Crippen molar-refractivity contribution in [3.8, 4) is 0 Å². The Balaban J connectivity index is 2.52. The number of hydrogen-bond acceptors (Lipinski definition) is 4. The van der Waals surface area contributed by atoms with Crippen molar-refractivity contribution in [2.75, 3.05) is 20.8 Å². The molecule has 0 bridgehead atoms. The molecule has 1 fully saturated rings. The standard InChI is InChI=1S/C7H16BNO3/c1-9-5-4(3-11-2)12-7(8)6(5)10/h4-7,9-10H,3,8H2,1-2H3/t4-,5?,6+,7-/m1/s1. The van der Waals surface area contributed by atoms with Crippen molar-refractivity contribution in [1.29, 1.82) is 0 Å². The van der Waals surface area contributed by atoms with E-state index in [1.165, 1.54) is 0 Å². The van der Waals surface area contributed by atoms with Crippen LogP contribution in [0.5, 0.6) is 0 Å². The van der Waals surface area contributed by atoms with Crippen LogP contribution in [-0.4, -0.2) is 58.0 Å². The minimum absolute atomic E-state index is 0.0139. The molecule has 0 spiro atoms. The monoisotopic (exact) mass is 173 g/mol. The highest BCUT2D eigenvalue weighted by Crippen LogP contribution is 2.18. The predicted octanol–water partition coefficient (Wildman–Crippen LogP) is -2.06. The molecule has 0 aromatic heterocycles. The quantitative estimate of drug-likeness (QED) is 0.482. The van der Waals surface area contributed by atoms with Gasteiger partial charge in [-0.1, -0.05) is 0 Å². The number of ether oxygens (including phenoxy) is 2. The van der Waals surface area contributed by atoms with Gasteiger partial charge in [0, 0.05) is 7.11 Å². The normalized spacial score (nSPS) is 41.9. The molecule has 0 amide bonds. The molecule has 0 aromatic rings. The van der Waals surface area contributed by atoms with Crippen LogP contribution in [0.2, 0.25) is 0 Å². The van der Waals surface area contributed by atoms with Gasteiger partial charge in [-0.3, -0.25) is 0 Å². The molecule has 0 aliphatic carbocycles. The van der Waals surface area contributed by atoms with Gasteiger partial charge in [0.2, 0.25) is 0 Å². The van der Waals surface area contributed by atoms with Gasteiger partial charge in [-0.15, -0.1) is 0 Å². The molecule has 1 aliphatic heterocycles. The van der Waals surface area contributed by atoms with Gasteiger partial charge in [-0.25, -0.2) is 0 Å². The molecular weight excluding hydrogens is 157 g/mol. The van der Waals surface area contributed by atoms with Crippen LogP contribution in [-0.2, 0) is 9.47 Å². The molecule has 1 heterocycles. The summed E-state index contributed by atoms with van der Waals surface area (Å²) in [6.07, 6.45) is -0.472. The second-order valence-corrected chi connectivity index (χ2v) is 3.14. The highest BCUT2D eigenvalue weighted by atomic mass is 16.5. The van der Waals surface area contributed by atoms with E-state index in [4.69, 9.17) is 9.47 Å². The zero-order chi connectivity index (χ0) is 9.14. The van der Waals surface area contributed by atoms with Gasteiger partial charge in [0.05, 0.1) is 30.9 Å². The molecule has 0 saturated carbocycles. The summed E-state index contributed by atoms with van der Waals surface area (Å²) < 4.78 is 10.5. The maximum Gasteiger partial charge on any atom is 0.142 e. The summed E-state index contributed by atoms with van der Waals surface area (Å²) in [7, 11) is 5.31. The van der Waals surface area contributed by atoms with Crippen LogP contribution in [0.1, 0.15) is 0 Å². The highest BCUT2D eigenvalue weighted by Gasteiger charge is 2.39. The van der Waals surface area contributed by atoms with Gasteiger partial charge in [0.15, 0.2) is 0 Å². The van der Waals surface area contributed by atoms with Crippen LogP contribution in [0, 0.1) is 0 Å². The predicted molar refractivity (Wildman–Crippen MR) is 47.9 cm³/mol. The lowest BCUT2D eigenvalue weighted by Gasteiger charge is -2.18. The molecular formula is C7H16BNO3. The SMILES string of the molecule is B[C@@H]1O[C@H](COC)C(NC)[C@@H]1O. The summed E-state index contributed by atoms with van der Waals surface area (Å²) in [6, 6.07) is -0.123. The van der Waals surface area contributed by atoms with Crippen LogP contribution >= 0.6 is 0 Å². The van der Waals surface area contributed by atoms with E-state index >= 15 is 0 Å². The first-order valence-corrected chi connectivity index (χ1v) is 4.20. The third kappa shape index (κ3) is 1.80. The highest BCUT2D eigenvalue weighted by molar-refractivity contribution is 6.11. The molecule has 1 aliphatic rings. The summed E-state index contributed by atoms with van der Waals surface area (Å²) in [4.78, 5) is 0. The van der Waals surface area contributed by atoms with Crippen molar-refractivity contribution >= 4 is 7.85 Å². The minimum Gasteiger partial charge on any atom is -0.390 e. The second kappa shape index (κ2) is 4.23. The lowest BCUT2D eigenvalue weighted by molar-refractivity contribution is 0.0128. The zero-order valence-electron chi connectivity index (χ0n) is 7.78. The van der Waals surface area contributed by atoms with Crippen molar-refractivity contribution < 1.29 is 14.6 Å². The Kier molecular flexibility index (Phi) is 3.52. The van der Waals surface area contributed by atoms with Crippen molar-refractivity contribution in [3.05, 3.63) is 0 Å². The Morgan fingerprint density at radius 3 is 2.83 bits per heavy atom. The van der Waals surface area contributed by atoms with Gasteiger partial charge in [-0.05, 0) is 7.05 Å². The van der Waals surface area contributed by atoms with Gasteiger partial charge in [0.1, 0.15) is 7.85 Å². The van der Waals surface area contributed by atoms with Crippen LogP contribution in [0.15, 0.2) is 0 Å². The minimum atomic E-state index is -0.435. The zero-order valence-corrected chi connectivity index (χ0v) is 7.78. The van der Waals surface area contributed by atoms with E-state index in [0.717, 1.165) is 0 Å². The average Bonchev–Trinajstić information content (AvgIpc) is 2.29. The second-order valence-electron chi connectivity index (χ2n) is 3.14. The topological polar surface area (TPSA) is 50.7 Å². The fraction of sp³-hybridized carbons (Fsp3) is 1.00. The third-order valence-corrected chi connectivity index (χ3v) is 2.30. The molecule has 4 atom stereocenters. The van der Waals surface area contributed by atoms with Gasteiger partial charge >= 0.3 is 0 Å². The molecule has 0 aromatic carbocycles. The number of nitrogens with one attached hydrogen (secondary N) is 1. The fourth-order valence-electron chi connectivity index (χ4n) is 1.62. The molecule has 4 nitrogen and oxygen atoms in total. The van der Waals surface area contributed by atoms with Crippen LogP contribution in [0.4, 0.5) is 0 Å². The summed E-state index contributed by atoms with van der Waals surface area (Å²) in [5, 5.41) is 12.6. The van der Waals surface area contributed by atoms with E-state index in [-0.39, 0.29) is 18.1 Å². The van der Waals surface area contributed by atoms with E-state index in [1.54, 1.807) is 7.11 Å². The summed E-state index contributed by atoms with van der Waals surface area (Å²) in [5.41, 5.74) is 0. The largest absolute Gasteiger partial charge is 0.390 e. The number of hydrogen-bond donors (Lipinski definition) is 2. The first-order chi connectivity index (χ1) is 5.70. The first-order valence-electron chi connectivity index (χ1n) is 4.20. The summed E-state index contributed by atoms with van der Waals surface area (Å²) >= 11 is 0. The average molecular weight is 173 g/mol. The molecule has 2 N–H and O–H groups in total. The van der Waals surface area contributed by atoms with Crippen molar-refractivity contribution in [1.82, 2.24) is 5.32 Å². The van der Waals surface area contributed by atoms with E-state index in [1.807, 2.05) is 14.9 Å². The Morgan fingerprint density at radius 2 is 2.33 bits per heavy atom. The van der Waals surface area contributed by atoms with Gasteiger partial charge in [-0.2, -0.15) is 0 Å². The Labute approximate surface area is 73.6 Å². The fourth-order valence-corrected chi connectivity index (χ4v) is 1.62. The number of rotatable bonds is 3. The Hall–Kier alpha value is -0.0951. The van der Waals surface area contributed by atoms with Crippen LogP contribution in [0.3, 0.4) is 0 Å². The lowest BCUT2D eigenvalue weighted by Crippen LogP contribution is -2.44. The molecule has 5 heteroatoms. The Morgan fingerprint density at radius 1 is 1.67 bits per heavy atom. The van der Waals surface area contributed by atoms with E-state index in [0.29, 0.717) is 6.61 Å². The smallest absolute Gasteiger partial charge is 0.142 e. The number of methoxy groups -OCH3 is 1. The molecule has 1 saturated heterocycles. The Bertz CT molecular complexity index is 147. The maximum atomic E-state index is 9.61. The molecule has 1 rings (SSSR count). The molecule has 1 unspecified atom stereocenters. The van der Waals surface area contributed by atoms with Gasteiger partial charge < -0.3 is 19.9 Å². The number of aliphatic hydroxyl groups excluding tert-OH is 1. The van der Waals surface area contributed by atoms with Crippen molar-refractivity contribution in [2.24, 2.45) is 0 Å². The van der Waals surface area contributed by atoms with E-state index in [2.05, 4.69) is 5.32 Å². The van der Waals surface area contributed by atoms with E-state index < -0.39 is 6.10 Å². The summed E-state index contributed by atoms with van der Waals surface area (Å²) in [5.74, 6) is 0. The third-order valence-electron chi connectivity index (χ3n) is 2.30. The van der Waals surface area contributed by atoms with Crippen LogP contribution in [0.25, 0.3) is 0 Å². The number of aliphatic hydroxyl groups is 1. The maximum absolute atomic E-state index is 9.61. The first kappa shape index (κ1) is 9.99. The number of likely N-dealkylation sites (N-methyl/N-ethyl adjacent to an activating group) is 1. The van der Waals surface area contributed by atoms with Crippen LogP contribution < -0.4 is 5.32 Å². The van der Waals surface area contributed by atoms with E-state index in [9.17, 15) is 5.11 Å². The molecule has 12 heavy (non-hydrogen) atoms. The van der Waals surface area contributed by atoms with Gasteiger partial charge in [0.25, 0.3) is 0 Å². The van der Waals surface area contributed by atoms with Crippen molar-refractivity contribution in [3.63, 3.8) is 0 Å². The molecule has 0 radical (unpaired) electrons. The molecule has 70 valence electrons. The van der Waals surface area contributed by atoms with Crippen molar-refractivity contribution in [2.45, 2.75) is 24.3 Å². The lowest BCUT2D eigenvalue weighted by atomic mass is 9.92. The summed E-state index contributed by atoms with van der Waals surface area (Å²) in [6.45, 7) is 0.521.